The van der Waals surface area contributed by atoms with Crippen molar-refractivity contribution >= 4 is 22.4 Å². The molecule has 0 fully saturated rings. The molecule has 1 aromatic carbocycles. The Balaban J connectivity index is 2.81. The van der Waals surface area contributed by atoms with Gasteiger partial charge in [0.15, 0.2) is 5.52 Å². The molecule has 7 heteroatoms. The van der Waals surface area contributed by atoms with Gasteiger partial charge in [0.25, 0.3) is 5.69 Å². The van der Waals surface area contributed by atoms with Gasteiger partial charge in [-0.05, 0) is 24.1 Å². The second-order valence-corrected chi connectivity index (χ2v) is 3.97. The number of nitrogens with one attached hydrogen (secondary N) is 1. The maximum absolute atomic E-state index is 11.1. The number of hydrogen-bond donors (Lipinski definition) is 2. The Hall–Kier alpha value is -2.41. The first-order valence-electron chi connectivity index (χ1n) is 5.73. The number of methoxy groups -OCH3 is 1. The van der Waals surface area contributed by atoms with E-state index in [0.717, 1.165) is 5.56 Å². The van der Waals surface area contributed by atoms with E-state index in [1.54, 1.807) is 6.07 Å². The Labute approximate surface area is 109 Å². The number of nitro benzene ring substituents is 1. The molecule has 0 atom stereocenters. The van der Waals surface area contributed by atoms with Crippen LogP contribution in [0.5, 0.6) is 5.75 Å². The molecule has 1 heterocycles. The van der Waals surface area contributed by atoms with Crippen LogP contribution in [0, 0.1) is 10.1 Å². The highest BCUT2D eigenvalue weighted by Crippen LogP contribution is 2.32. The van der Waals surface area contributed by atoms with Gasteiger partial charge in [0, 0.05) is 5.39 Å². The molecule has 3 N–H and O–H groups in total. The molecular weight excluding hydrogens is 248 g/mol. The summed E-state index contributed by atoms with van der Waals surface area (Å²) in [5, 5.41) is 11.8. The lowest BCUT2D eigenvalue weighted by Gasteiger charge is -2.09. The van der Waals surface area contributed by atoms with Gasteiger partial charge in [-0.1, -0.05) is 6.92 Å². The molecule has 1 aromatic heterocycles. The minimum Gasteiger partial charge on any atom is -0.496 e. The van der Waals surface area contributed by atoms with Crippen LogP contribution in [0.4, 0.5) is 11.5 Å². The fourth-order valence-electron chi connectivity index (χ4n) is 1.94. The molecule has 0 saturated heterocycles. The van der Waals surface area contributed by atoms with Gasteiger partial charge < -0.3 is 10.2 Å². The second kappa shape index (κ2) is 5.07. The van der Waals surface area contributed by atoms with Gasteiger partial charge in [-0.3, -0.25) is 10.1 Å². The monoisotopic (exact) mass is 262 g/mol. The summed E-state index contributed by atoms with van der Waals surface area (Å²) in [5.74, 6) is 6.27. The lowest BCUT2D eigenvalue weighted by Crippen LogP contribution is -2.11. The Morgan fingerprint density at radius 1 is 1.47 bits per heavy atom. The van der Waals surface area contributed by atoms with Crippen LogP contribution in [0.1, 0.15) is 12.5 Å². The standard InChI is InChI=1S/C12H14N4O3/c1-3-7-4-8-5-9(19-2)6-10(16(17)18)11(8)14-12(7)15-13/h4-6H,3,13H2,1-2H3,(H,14,15). The van der Waals surface area contributed by atoms with Crippen LogP contribution < -0.4 is 16.0 Å². The molecule has 0 amide bonds. The van der Waals surface area contributed by atoms with Gasteiger partial charge in [0.05, 0.1) is 18.1 Å². The van der Waals surface area contributed by atoms with E-state index in [1.807, 2.05) is 13.0 Å². The number of nitro groups is 1. The summed E-state index contributed by atoms with van der Waals surface area (Å²) in [6.45, 7) is 1.96. The number of rotatable bonds is 4. The molecule has 2 aromatic rings. The van der Waals surface area contributed by atoms with Crippen molar-refractivity contribution in [1.29, 1.82) is 0 Å². The van der Waals surface area contributed by atoms with Crippen molar-refractivity contribution in [2.75, 3.05) is 12.5 Å². The third-order valence-corrected chi connectivity index (χ3v) is 2.90. The average molecular weight is 262 g/mol. The first kappa shape index (κ1) is 13.0. The van der Waals surface area contributed by atoms with Gasteiger partial charge in [-0.25, -0.2) is 10.8 Å². The molecule has 0 spiro atoms. The Kier molecular flexibility index (Phi) is 3.48. The number of benzene rings is 1. The molecule has 2 rings (SSSR count). The van der Waals surface area contributed by atoms with Crippen LogP contribution >= 0.6 is 0 Å². The summed E-state index contributed by atoms with van der Waals surface area (Å²) in [5.41, 5.74) is 3.54. The van der Waals surface area contributed by atoms with Crippen LogP contribution in [0.15, 0.2) is 18.2 Å². The zero-order valence-electron chi connectivity index (χ0n) is 10.6. The summed E-state index contributed by atoms with van der Waals surface area (Å²) in [6, 6.07) is 4.89. The fourth-order valence-corrected chi connectivity index (χ4v) is 1.94. The quantitative estimate of drug-likeness (QED) is 0.496. The molecular formula is C12H14N4O3. The van der Waals surface area contributed by atoms with Crippen LogP contribution in [0.2, 0.25) is 0 Å². The highest BCUT2D eigenvalue weighted by atomic mass is 16.6. The number of nitrogens with two attached hydrogens (primary N) is 1. The van der Waals surface area contributed by atoms with E-state index in [4.69, 9.17) is 10.6 Å². The van der Waals surface area contributed by atoms with Crippen molar-refractivity contribution in [3.63, 3.8) is 0 Å². The lowest BCUT2D eigenvalue weighted by molar-refractivity contribution is -0.383. The summed E-state index contributed by atoms with van der Waals surface area (Å²) in [6.07, 6.45) is 0.716. The van der Waals surface area contributed by atoms with Crippen molar-refractivity contribution in [2.24, 2.45) is 5.84 Å². The number of hydrogen-bond acceptors (Lipinski definition) is 6. The van der Waals surface area contributed by atoms with Gasteiger partial charge in [-0.2, -0.15) is 0 Å². The van der Waals surface area contributed by atoms with Crippen LogP contribution in [0.25, 0.3) is 10.9 Å². The van der Waals surface area contributed by atoms with E-state index in [0.29, 0.717) is 23.4 Å². The maximum atomic E-state index is 11.1. The van der Waals surface area contributed by atoms with E-state index in [2.05, 4.69) is 10.4 Å². The molecule has 100 valence electrons. The predicted molar refractivity (Wildman–Crippen MR) is 72.1 cm³/mol. The fraction of sp³-hybridized carbons (Fsp3) is 0.250. The highest BCUT2D eigenvalue weighted by molar-refractivity contribution is 5.90. The third-order valence-electron chi connectivity index (χ3n) is 2.90. The summed E-state index contributed by atoms with van der Waals surface area (Å²) in [7, 11) is 1.47. The van der Waals surface area contributed by atoms with Gasteiger partial charge >= 0.3 is 0 Å². The zero-order valence-corrected chi connectivity index (χ0v) is 10.6. The van der Waals surface area contributed by atoms with Crippen LogP contribution in [0.3, 0.4) is 0 Å². The Bertz CT molecular complexity index is 642. The van der Waals surface area contributed by atoms with Gasteiger partial charge in [0.1, 0.15) is 11.6 Å². The Morgan fingerprint density at radius 2 is 2.21 bits per heavy atom. The van der Waals surface area contributed by atoms with Crippen molar-refractivity contribution in [3.05, 3.63) is 33.9 Å². The molecule has 19 heavy (non-hydrogen) atoms. The van der Waals surface area contributed by atoms with Crippen molar-refractivity contribution in [3.8, 4) is 5.75 Å². The van der Waals surface area contributed by atoms with E-state index in [9.17, 15) is 10.1 Å². The van der Waals surface area contributed by atoms with Gasteiger partial charge in [-0.15, -0.1) is 0 Å². The molecule has 0 aliphatic rings. The molecule has 0 aliphatic heterocycles. The number of fused-ring (bicyclic) bond motifs is 1. The number of non-ortho nitro benzene ring substituents is 1. The minimum atomic E-state index is -0.482. The molecule has 0 unspecified atom stereocenters. The maximum Gasteiger partial charge on any atom is 0.299 e. The number of nitrogens with zero attached hydrogens (tertiary/aromatic N) is 2. The highest BCUT2D eigenvalue weighted by Gasteiger charge is 2.17. The third kappa shape index (κ3) is 2.27. The number of anilines is 1. The number of ether oxygens (including phenoxy) is 1. The van der Waals surface area contributed by atoms with E-state index >= 15 is 0 Å². The van der Waals surface area contributed by atoms with E-state index in [1.165, 1.54) is 13.2 Å². The number of aromatic nitrogens is 1. The molecule has 0 aliphatic carbocycles. The topological polar surface area (TPSA) is 103 Å². The molecule has 0 radical (unpaired) electrons. The number of hydrazine groups is 1. The zero-order chi connectivity index (χ0) is 14.0. The predicted octanol–water partition coefficient (Wildman–Crippen LogP) is 2.00. The second-order valence-electron chi connectivity index (χ2n) is 3.97. The summed E-state index contributed by atoms with van der Waals surface area (Å²) >= 11 is 0. The van der Waals surface area contributed by atoms with Crippen LogP contribution in [-0.2, 0) is 6.42 Å². The normalized spacial score (nSPS) is 10.5. The molecule has 0 saturated carbocycles. The van der Waals surface area contributed by atoms with E-state index in [-0.39, 0.29) is 11.2 Å². The van der Waals surface area contributed by atoms with Gasteiger partial charge in [0.2, 0.25) is 0 Å². The number of aryl methyl sites for hydroxylation is 1. The number of pyridine rings is 1. The van der Waals surface area contributed by atoms with Crippen molar-refractivity contribution < 1.29 is 9.66 Å². The molecule has 7 nitrogen and oxygen atoms in total. The first-order chi connectivity index (χ1) is 9.10. The first-order valence-corrected chi connectivity index (χ1v) is 5.73. The largest absolute Gasteiger partial charge is 0.496 e. The minimum absolute atomic E-state index is 0.103. The Morgan fingerprint density at radius 3 is 2.74 bits per heavy atom. The van der Waals surface area contributed by atoms with Crippen molar-refractivity contribution in [2.45, 2.75) is 13.3 Å². The van der Waals surface area contributed by atoms with Crippen molar-refractivity contribution in [1.82, 2.24) is 4.98 Å². The van der Waals surface area contributed by atoms with Crippen LogP contribution in [-0.4, -0.2) is 17.0 Å². The average Bonchev–Trinajstić information content (AvgIpc) is 2.44. The SMILES string of the molecule is CCc1cc2cc(OC)cc([N+](=O)[O-])c2nc1NN. The van der Waals surface area contributed by atoms with E-state index < -0.39 is 4.92 Å². The smallest absolute Gasteiger partial charge is 0.299 e. The molecule has 0 bridgehead atoms. The number of nitrogen functional groups attached to an aromatic ring is 1. The lowest BCUT2D eigenvalue weighted by atomic mass is 10.1. The summed E-state index contributed by atoms with van der Waals surface area (Å²) < 4.78 is 5.07. The summed E-state index contributed by atoms with van der Waals surface area (Å²) in [4.78, 5) is 14.8.